The number of ether oxygens (including phenoxy) is 1. The Morgan fingerprint density at radius 3 is 2.33 bits per heavy atom. The summed E-state index contributed by atoms with van der Waals surface area (Å²) in [5.41, 5.74) is 0.156. The van der Waals surface area contributed by atoms with Crippen molar-refractivity contribution in [1.82, 2.24) is 10.2 Å². The molecule has 0 radical (unpaired) electrons. The van der Waals surface area contributed by atoms with E-state index in [1.165, 1.54) is 25.5 Å². The molecule has 140 valence electrons. The lowest BCUT2D eigenvalue weighted by Crippen LogP contribution is -2.30. The van der Waals surface area contributed by atoms with Gasteiger partial charge in [0.05, 0.1) is 5.56 Å². The first-order valence-electron chi connectivity index (χ1n) is 7.84. The van der Waals surface area contributed by atoms with Crippen LogP contribution in [0.1, 0.15) is 12.5 Å². The van der Waals surface area contributed by atoms with E-state index in [2.05, 4.69) is 15.5 Å². The molecule has 0 spiro atoms. The molecule has 0 bridgehead atoms. The van der Waals surface area contributed by atoms with E-state index in [1.54, 1.807) is 24.3 Å². The number of amides is 1. The third-order valence-corrected chi connectivity index (χ3v) is 3.62. The Bertz CT molecular complexity index is 892. The minimum absolute atomic E-state index is 0.246. The summed E-state index contributed by atoms with van der Waals surface area (Å²) in [5, 5.41) is 9.88. The molecular formula is C18H14F3N3O3. The third-order valence-electron chi connectivity index (χ3n) is 3.62. The SMILES string of the molecule is C[C@H](Oc1ccc(-c2nnco2)cc1)C(=O)Nc1ccc(C(F)(F)F)cc1. The van der Waals surface area contributed by atoms with Gasteiger partial charge in [0.25, 0.3) is 5.91 Å². The van der Waals surface area contributed by atoms with Crippen molar-refractivity contribution < 1.29 is 27.1 Å². The molecule has 0 aliphatic carbocycles. The second-order valence-corrected chi connectivity index (χ2v) is 5.59. The molecule has 1 amide bonds. The maximum absolute atomic E-state index is 12.6. The molecule has 27 heavy (non-hydrogen) atoms. The van der Waals surface area contributed by atoms with E-state index < -0.39 is 23.8 Å². The number of halogens is 3. The van der Waals surface area contributed by atoms with E-state index >= 15 is 0 Å². The molecular weight excluding hydrogens is 363 g/mol. The number of aromatic nitrogens is 2. The minimum atomic E-state index is -4.42. The summed E-state index contributed by atoms with van der Waals surface area (Å²) in [5.74, 6) is 0.304. The molecule has 6 nitrogen and oxygen atoms in total. The summed E-state index contributed by atoms with van der Waals surface area (Å²) >= 11 is 0. The van der Waals surface area contributed by atoms with Gasteiger partial charge in [-0.1, -0.05) is 0 Å². The molecule has 1 N–H and O–H groups in total. The largest absolute Gasteiger partial charge is 0.481 e. The fourth-order valence-electron chi connectivity index (χ4n) is 2.22. The Morgan fingerprint density at radius 2 is 1.78 bits per heavy atom. The first-order chi connectivity index (χ1) is 12.8. The molecule has 1 aromatic heterocycles. The highest BCUT2D eigenvalue weighted by Gasteiger charge is 2.30. The first-order valence-corrected chi connectivity index (χ1v) is 7.84. The van der Waals surface area contributed by atoms with Gasteiger partial charge in [0.1, 0.15) is 5.75 Å². The van der Waals surface area contributed by atoms with Gasteiger partial charge in [0.2, 0.25) is 12.3 Å². The number of benzene rings is 2. The predicted octanol–water partition coefficient (Wildman–Crippen LogP) is 4.16. The molecule has 0 unspecified atom stereocenters. The van der Waals surface area contributed by atoms with E-state index in [0.717, 1.165) is 12.1 Å². The van der Waals surface area contributed by atoms with Gasteiger partial charge >= 0.3 is 6.18 Å². The van der Waals surface area contributed by atoms with Crippen molar-refractivity contribution >= 4 is 11.6 Å². The Balaban J connectivity index is 1.59. The van der Waals surface area contributed by atoms with Crippen LogP contribution in [0.3, 0.4) is 0 Å². The molecule has 9 heteroatoms. The Kier molecular flexibility index (Phi) is 5.11. The molecule has 0 saturated carbocycles. The van der Waals surface area contributed by atoms with Crippen LogP contribution < -0.4 is 10.1 Å². The van der Waals surface area contributed by atoms with Crippen LogP contribution in [0.2, 0.25) is 0 Å². The quantitative estimate of drug-likeness (QED) is 0.722. The fourth-order valence-corrected chi connectivity index (χ4v) is 2.22. The number of nitrogens with one attached hydrogen (secondary N) is 1. The number of rotatable bonds is 5. The van der Waals surface area contributed by atoms with Gasteiger partial charge < -0.3 is 14.5 Å². The summed E-state index contributed by atoms with van der Waals surface area (Å²) < 4.78 is 48.3. The number of hydrogen-bond acceptors (Lipinski definition) is 5. The Labute approximate surface area is 152 Å². The van der Waals surface area contributed by atoms with Gasteiger partial charge in [-0.15, -0.1) is 10.2 Å². The maximum Gasteiger partial charge on any atom is 0.416 e. The minimum Gasteiger partial charge on any atom is -0.481 e. The predicted molar refractivity (Wildman–Crippen MR) is 89.9 cm³/mol. The lowest BCUT2D eigenvalue weighted by Gasteiger charge is -2.15. The van der Waals surface area contributed by atoms with E-state index in [-0.39, 0.29) is 5.69 Å². The first kappa shape index (κ1) is 18.4. The number of hydrogen-bond donors (Lipinski definition) is 1. The number of nitrogens with zero attached hydrogens (tertiary/aromatic N) is 2. The summed E-state index contributed by atoms with van der Waals surface area (Å²) in [6, 6.07) is 10.9. The van der Waals surface area contributed by atoms with Crippen molar-refractivity contribution in [1.29, 1.82) is 0 Å². The van der Waals surface area contributed by atoms with Gasteiger partial charge in [-0.3, -0.25) is 4.79 Å². The van der Waals surface area contributed by atoms with Crippen LogP contribution >= 0.6 is 0 Å². The zero-order valence-corrected chi connectivity index (χ0v) is 14.0. The third kappa shape index (κ3) is 4.63. The Morgan fingerprint density at radius 1 is 1.11 bits per heavy atom. The molecule has 2 aromatic carbocycles. The van der Waals surface area contributed by atoms with Crippen LogP contribution in [-0.4, -0.2) is 22.2 Å². The van der Waals surface area contributed by atoms with Gasteiger partial charge in [-0.2, -0.15) is 13.2 Å². The van der Waals surface area contributed by atoms with Gasteiger partial charge in [-0.25, -0.2) is 0 Å². The lowest BCUT2D eigenvalue weighted by molar-refractivity contribution is -0.137. The van der Waals surface area contributed by atoms with Gasteiger partial charge in [0, 0.05) is 11.3 Å². The van der Waals surface area contributed by atoms with E-state index in [4.69, 9.17) is 9.15 Å². The molecule has 1 atom stereocenters. The molecule has 3 aromatic rings. The normalized spacial score (nSPS) is 12.4. The summed E-state index contributed by atoms with van der Waals surface area (Å²) in [6.07, 6.45) is -4.07. The van der Waals surface area contributed by atoms with Crippen molar-refractivity contribution in [2.24, 2.45) is 0 Å². The van der Waals surface area contributed by atoms with Crippen LogP contribution in [0, 0.1) is 0 Å². The van der Waals surface area contributed by atoms with Crippen LogP contribution in [0.4, 0.5) is 18.9 Å². The number of carbonyl (C=O) groups excluding carboxylic acids is 1. The highest BCUT2D eigenvalue weighted by atomic mass is 19.4. The molecule has 0 fully saturated rings. The summed E-state index contributed by atoms with van der Waals surface area (Å²) in [7, 11) is 0. The zero-order valence-electron chi connectivity index (χ0n) is 14.0. The lowest BCUT2D eigenvalue weighted by atomic mass is 10.2. The topological polar surface area (TPSA) is 77.2 Å². The summed E-state index contributed by atoms with van der Waals surface area (Å²) in [6.45, 7) is 1.53. The van der Waals surface area contributed by atoms with Gasteiger partial charge in [0.15, 0.2) is 6.10 Å². The van der Waals surface area contributed by atoms with E-state index in [9.17, 15) is 18.0 Å². The summed E-state index contributed by atoms with van der Waals surface area (Å²) in [4.78, 5) is 12.2. The zero-order chi connectivity index (χ0) is 19.4. The van der Waals surface area contributed by atoms with E-state index in [1.807, 2.05) is 0 Å². The van der Waals surface area contributed by atoms with Crippen molar-refractivity contribution in [3.63, 3.8) is 0 Å². The number of alkyl halides is 3. The second kappa shape index (κ2) is 7.48. The van der Waals surface area contributed by atoms with Crippen molar-refractivity contribution in [2.75, 3.05) is 5.32 Å². The monoisotopic (exact) mass is 377 g/mol. The second-order valence-electron chi connectivity index (χ2n) is 5.59. The van der Waals surface area contributed by atoms with Crippen LogP contribution in [0.5, 0.6) is 5.75 Å². The highest BCUT2D eigenvalue weighted by molar-refractivity contribution is 5.94. The highest BCUT2D eigenvalue weighted by Crippen LogP contribution is 2.30. The average Bonchev–Trinajstić information content (AvgIpc) is 3.16. The maximum atomic E-state index is 12.6. The molecule has 0 aliphatic heterocycles. The average molecular weight is 377 g/mol. The number of anilines is 1. The molecule has 0 aliphatic rings. The van der Waals surface area contributed by atoms with E-state index in [0.29, 0.717) is 17.2 Å². The van der Waals surface area contributed by atoms with Crippen LogP contribution in [0.15, 0.2) is 59.3 Å². The fraction of sp³-hybridized carbons (Fsp3) is 0.167. The molecule has 0 saturated heterocycles. The van der Waals surface area contributed by atoms with Gasteiger partial charge in [-0.05, 0) is 55.5 Å². The molecule has 3 rings (SSSR count). The Hall–Kier alpha value is -3.36. The van der Waals surface area contributed by atoms with Crippen LogP contribution in [-0.2, 0) is 11.0 Å². The van der Waals surface area contributed by atoms with Crippen molar-refractivity contribution in [2.45, 2.75) is 19.2 Å². The van der Waals surface area contributed by atoms with Crippen molar-refractivity contribution in [3.8, 4) is 17.2 Å². The van der Waals surface area contributed by atoms with Crippen LogP contribution in [0.25, 0.3) is 11.5 Å². The van der Waals surface area contributed by atoms with Crippen molar-refractivity contribution in [3.05, 3.63) is 60.5 Å². The number of carbonyl (C=O) groups is 1. The standard InChI is InChI=1S/C18H14F3N3O3/c1-11(16(25)23-14-6-4-13(5-7-14)18(19,20)21)27-15-8-2-12(3-9-15)17-24-22-10-26-17/h2-11H,1H3,(H,23,25)/t11-/m0/s1. The smallest absolute Gasteiger partial charge is 0.416 e. The molecule has 1 heterocycles.